The number of benzene rings is 1. The van der Waals surface area contributed by atoms with Gasteiger partial charge in [0.15, 0.2) is 0 Å². The summed E-state index contributed by atoms with van der Waals surface area (Å²) in [7, 11) is 2.05. The standard InChI is InChI=1S/C24H34F3N3O4/c1-15-11-30(16(2)14-31)23(33)19-10-18(28-22(32)8-9-24(25,26)27)6-7-20(19)34-21(15)13-29(3)12-17-4-5-17/h6-7,10,15-17,21,31H,4-5,8-9,11-14H2,1-3H3,(H,28,32)/t15-,16-,21-/m1/s1. The number of rotatable bonds is 9. The van der Waals surface area contributed by atoms with Gasteiger partial charge in [0.2, 0.25) is 5.91 Å². The molecule has 1 aliphatic heterocycles. The zero-order valence-electron chi connectivity index (χ0n) is 19.9. The van der Waals surface area contributed by atoms with Crippen molar-refractivity contribution in [1.82, 2.24) is 9.80 Å². The van der Waals surface area contributed by atoms with Crippen LogP contribution in [0.5, 0.6) is 5.75 Å². The third-order valence-corrected chi connectivity index (χ3v) is 6.34. The number of aliphatic hydroxyl groups is 1. The number of alkyl halides is 3. The Morgan fingerprint density at radius 1 is 1.32 bits per heavy atom. The second kappa shape index (κ2) is 10.9. The van der Waals surface area contributed by atoms with Crippen LogP contribution in [0, 0.1) is 11.8 Å². The van der Waals surface area contributed by atoms with Crippen molar-refractivity contribution in [2.24, 2.45) is 11.8 Å². The maximum atomic E-state index is 13.4. The third-order valence-electron chi connectivity index (χ3n) is 6.34. The lowest BCUT2D eigenvalue weighted by atomic mass is 9.99. The first-order valence-corrected chi connectivity index (χ1v) is 11.7. The van der Waals surface area contributed by atoms with Crippen molar-refractivity contribution in [3.63, 3.8) is 0 Å². The van der Waals surface area contributed by atoms with E-state index in [1.165, 1.54) is 25.0 Å². The van der Waals surface area contributed by atoms with E-state index in [9.17, 15) is 27.9 Å². The molecule has 0 bridgehead atoms. The molecule has 0 saturated heterocycles. The minimum Gasteiger partial charge on any atom is -0.488 e. The molecule has 0 unspecified atom stereocenters. The Balaban J connectivity index is 1.83. The molecule has 10 heteroatoms. The first kappa shape index (κ1) is 26.3. The Labute approximate surface area is 198 Å². The van der Waals surface area contributed by atoms with Crippen LogP contribution >= 0.6 is 0 Å². The maximum Gasteiger partial charge on any atom is 0.389 e. The summed E-state index contributed by atoms with van der Waals surface area (Å²) in [5, 5.41) is 12.2. The number of nitrogens with one attached hydrogen (secondary N) is 1. The number of carbonyl (C=O) groups is 2. The van der Waals surface area contributed by atoms with Gasteiger partial charge in [-0.25, -0.2) is 0 Å². The minimum atomic E-state index is -4.42. The van der Waals surface area contributed by atoms with Crippen molar-refractivity contribution in [2.45, 2.75) is 57.9 Å². The fourth-order valence-corrected chi connectivity index (χ4v) is 4.12. The lowest BCUT2D eigenvalue weighted by molar-refractivity contribution is -0.142. The number of aliphatic hydroxyl groups excluding tert-OH is 1. The molecule has 1 heterocycles. The topological polar surface area (TPSA) is 82.1 Å². The number of nitrogens with zero attached hydrogens (tertiary/aromatic N) is 2. The number of ether oxygens (including phenoxy) is 1. The average Bonchev–Trinajstić information content (AvgIpc) is 3.58. The van der Waals surface area contributed by atoms with E-state index in [4.69, 9.17) is 4.74 Å². The van der Waals surface area contributed by atoms with Crippen LogP contribution in [0.15, 0.2) is 18.2 Å². The molecule has 1 aliphatic carbocycles. The second-order valence-electron chi connectivity index (χ2n) is 9.66. The summed E-state index contributed by atoms with van der Waals surface area (Å²) in [5.41, 5.74) is 0.422. The Kier molecular flexibility index (Phi) is 8.46. The summed E-state index contributed by atoms with van der Waals surface area (Å²) >= 11 is 0. The molecule has 34 heavy (non-hydrogen) atoms. The van der Waals surface area contributed by atoms with E-state index >= 15 is 0 Å². The van der Waals surface area contributed by atoms with Gasteiger partial charge in [0.1, 0.15) is 11.9 Å². The molecule has 0 radical (unpaired) electrons. The van der Waals surface area contributed by atoms with Crippen LogP contribution in [0.2, 0.25) is 0 Å². The molecule has 2 amide bonds. The predicted molar refractivity (Wildman–Crippen MR) is 122 cm³/mol. The van der Waals surface area contributed by atoms with Crippen molar-refractivity contribution in [1.29, 1.82) is 0 Å². The zero-order valence-corrected chi connectivity index (χ0v) is 19.9. The highest BCUT2D eigenvalue weighted by Gasteiger charge is 2.34. The summed E-state index contributed by atoms with van der Waals surface area (Å²) < 4.78 is 43.6. The highest BCUT2D eigenvalue weighted by molar-refractivity contribution is 5.99. The Bertz CT molecular complexity index is 876. The molecule has 1 aromatic carbocycles. The van der Waals surface area contributed by atoms with Crippen molar-refractivity contribution in [2.75, 3.05) is 38.6 Å². The van der Waals surface area contributed by atoms with Gasteiger partial charge in [-0.15, -0.1) is 0 Å². The van der Waals surface area contributed by atoms with E-state index in [1.807, 2.05) is 14.0 Å². The number of halogens is 3. The van der Waals surface area contributed by atoms with E-state index < -0.39 is 31.0 Å². The van der Waals surface area contributed by atoms with Gasteiger partial charge >= 0.3 is 6.18 Å². The molecule has 0 aromatic heterocycles. The summed E-state index contributed by atoms with van der Waals surface area (Å²) in [6.45, 7) is 5.59. The van der Waals surface area contributed by atoms with Crippen LogP contribution < -0.4 is 10.1 Å². The van der Waals surface area contributed by atoms with E-state index in [-0.39, 0.29) is 35.8 Å². The summed E-state index contributed by atoms with van der Waals surface area (Å²) in [6.07, 6.45) is -4.08. The first-order valence-electron chi connectivity index (χ1n) is 11.7. The molecule has 3 rings (SSSR count). The number of hydrogen-bond acceptors (Lipinski definition) is 5. The van der Waals surface area contributed by atoms with Crippen molar-refractivity contribution in [3.8, 4) is 5.75 Å². The molecule has 7 nitrogen and oxygen atoms in total. The zero-order chi connectivity index (χ0) is 25.0. The van der Waals surface area contributed by atoms with Gasteiger partial charge in [0.05, 0.1) is 24.6 Å². The van der Waals surface area contributed by atoms with E-state index in [0.717, 1.165) is 12.5 Å². The fourth-order valence-electron chi connectivity index (χ4n) is 4.12. The van der Waals surface area contributed by atoms with E-state index in [1.54, 1.807) is 17.9 Å². The number of amides is 2. The molecule has 3 atom stereocenters. The highest BCUT2D eigenvalue weighted by Crippen LogP contribution is 2.32. The number of anilines is 1. The Hall–Kier alpha value is -2.33. The second-order valence-corrected chi connectivity index (χ2v) is 9.66. The monoisotopic (exact) mass is 485 g/mol. The van der Waals surface area contributed by atoms with Gasteiger partial charge in [0.25, 0.3) is 5.91 Å². The first-order chi connectivity index (χ1) is 16.0. The van der Waals surface area contributed by atoms with E-state index in [2.05, 4.69) is 10.2 Å². The van der Waals surface area contributed by atoms with E-state index in [0.29, 0.717) is 18.8 Å². The smallest absolute Gasteiger partial charge is 0.389 e. The van der Waals surface area contributed by atoms with Gasteiger partial charge in [-0.05, 0) is 50.9 Å². The minimum absolute atomic E-state index is 0.00509. The molecule has 1 saturated carbocycles. The number of likely N-dealkylation sites (N-methyl/N-ethyl adjacent to an activating group) is 1. The number of fused-ring (bicyclic) bond motifs is 1. The molecular weight excluding hydrogens is 451 g/mol. The quantitative estimate of drug-likeness (QED) is 0.559. The Morgan fingerprint density at radius 2 is 2.03 bits per heavy atom. The van der Waals surface area contributed by atoms with Crippen molar-refractivity contribution < 1.29 is 32.6 Å². The van der Waals surface area contributed by atoms with Crippen molar-refractivity contribution in [3.05, 3.63) is 23.8 Å². The largest absolute Gasteiger partial charge is 0.488 e. The number of carbonyl (C=O) groups excluding carboxylic acids is 2. The molecule has 1 aromatic rings. The van der Waals surface area contributed by atoms with Crippen molar-refractivity contribution >= 4 is 17.5 Å². The number of hydrogen-bond donors (Lipinski definition) is 2. The van der Waals surface area contributed by atoms with Gasteiger partial charge in [-0.1, -0.05) is 6.92 Å². The molecule has 2 aliphatic rings. The maximum absolute atomic E-state index is 13.4. The van der Waals surface area contributed by atoms with Crippen LogP contribution in [0.1, 0.15) is 49.9 Å². The Morgan fingerprint density at radius 3 is 2.65 bits per heavy atom. The van der Waals surface area contributed by atoms with Crippen LogP contribution in [-0.4, -0.2) is 78.3 Å². The lowest BCUT2D eigenvalue weighted by Gasteiger charge is -2.38. The van der Waals surface area contributed by atoms with Gasteiger partial charge in [-0.2, -0.15) is 13.2 Å². The van der Waals surface area contributed by atoms with Crippen LogP contribution in [-0.2, 0) is 4.79 Å². The van der Waals surface area contributed by atoms with Gasteiger partial charge < -0.3 is 25.0 Å². The average molecular weight is 486 g/mol. The molecule has 190 valence electrons. The highest BCUT2D eigenvalue weighted by atomic mass is 19.4. The molecule has 1 fully saturated rings. The molecule has 0 spiro atoms. The van der Waals surface area contributed by atoms with Crippen LogP contribution in [0.4, 0.5) is 18.9 Å². The van der Waals surface area contributed by atoms with Crippen LogP contribution in [0.3, 0.4) is 0 Å². The normalized spacial score (nSPS) is 22.0. The van der Waals surface area contributed by atoms with Gasteiger partial charge in [0, 0.05) is 37.7 Å². The fraction of sp³-hybridized carbons (Fsp3) is 0.667. The molecular formula is C24H34F3N3O4. The van der Waals surface area contributed by atoms with Crippen LogP contribution in [0.25, 0.3) is 0 Å². The SMILES string of the molecule is C[C@@H]1CN([C@H](C)CO)C(=O)c2cc(NC(=O)CCC(F)(F)F)ccc2O[C@@H]1CN(C)CC1CC1. The third kappa shape index (κ3) is 7.33. The lowest BCUT2D eigenvalue weighted by Crippen LogP contribution is -2.50. The summed E-state index contributed by atoms with van der Waals surface area (Å²) in [5.74, 6) is -0.0821. The van der Waals surface area contributed by atoms with Gasteiger partial charge in [-0.3, -0.25) is 9.59 Å². The predicted octanol–water partition coefficient (Wildman–Crippen LogP) is 3.53. The summed E-state index contributed by atoms with van der Waals surface area (Å²) in [6, 6.07) is 4.09. The summed E-state index contributed by atoms with van der Waals surface area (Å²) in [4.78, 5) is 29.2. The molecule has 2 N–H and O–H groups in total.